The molecule has 1 aromatic carbocycles. The molecule has 21 heavy (non-hydrogen) atoms. The molecule has 1 rings (SSSR count). The largest absolute Gasteiger partial charge is 0.481 e. The van der Waals surface area contributed by atoms with Crippen LogP contribution in [-0.2, 0) is 9.59 Å². The highest BCUT2D eigenvalue weighted by atomic mass is 35.5. The van der Waals surface area contributed by atoms with Gasteiger partial charge in [0.25, 0.3) is 5.91 Å². The van der Waals surface area contributed by atoms with E-state index in [1.807, 2.05) is 6.92 Å². The predicted molar refractivity (Wildman–Crippen MR) is 80.7 cm³/mol. The van der Waals surface area contributed by atoms with Crippen molar-refractivity contribution in [2.45, 2.75) is 39.8 Å². The zero-order valence-corrected chi connectivity index (χ0v) is 13.3. The molecule has 0 aliphatic rings. The Morgan fingerprint density at radius 1 is 1.29 bits per heavy atom. The molecule has 0 spiro atoms. The van der Waals surface area contributed by atoms with Crippen molar-refractivity contribution in [3.63, 3.8) is 0 Å². The number of benzene rings is 1. The van der Waals surface area contributed by atoms with Crippen LogP contribution in [0.5, 0.6) is 5.75 Å². The van der Waals surface area contributed by atoms with Gasteiger partial charge < -0.3 is 15.2 Å². The average molecular weight is 314 g/mol. The Balaban J connectivity index is 2.72. The van der Waals surface area contributed by atoms with Crippen molar-refractivity contribution < 1.29 is 19.4 Å². The summed E-state index contributed by atoms with van der Waals surface area (Å²) in [5.74, 6) is -1.20. The summed E-state index contributed by atoms with van der Waals surface area (Å²) in [6, 6.07) is 4.14. The van der Waals surface area contributed by atoms with Crippen molar-refractivity contribution in [3.8, 4) is 5.75 Å². The molecule has 2 N–H and O–H groups in total. The second kappa shape index (κ2) is 7.31. The van der Waals surface area contributed by atoms with Crippen molar-refractivity contribution in [1.29, 1.82) is 0 Å². The van der Waals surface area contributed by atoms with Crippen molar-refractivity contribution in [2.75, 3.05) is 0 Å². The number of carbonyl (C=O) groups is 2. The summed E-state index contributed by atoms with van der Waals surface area (Å²) in [7, 11) is 0. The van der Waals surface area contributed by atoms with Gasteiger partial charge >= 0.3 is 5.97 Å². The maximum Gasteiger partial charge on any atom is 0.326 e. The molecule has 0 bridgehead atoms. The van der Waals surface area contributed by atoms with Crippen molar-refractivity contribution in [3.05, 3.63) is 28.8 Å². The molecule has 0 heterocycles. The molecule has 1 aromatic rings. The number of hydrogen-bond donors (Lipinski definition) is 2. The fourth-order valence-electron chi connectivity index (χ4n) is 1.77. The molecule has 1 unspecified atom stereocenters. The molecule has 0 saturated heterocycles. The summed E-state index contributed by atoms with van der Waals surface area (Å²) in [6.07, 6.45) is -0.800. The van der Waals surface area contributed by atoms with E-state index < -0.39 is 24.0 Å². The highest BCUT2D eigenvalue weighted by molar-refractivity contribution is 6.30. The molecule has 6 heteroatoms. The van der Waals surface area contributed by atoms with Crippen molar-refractivity contribution in [2.24, 2.45) is 5.92 Å². The number of rotatable bonds is 6. The van der Waals surface area contributed by atoms with Gasteiger partial charge in [-0.15, -0.1) is 0 Å². The van der Waals surface area contributed by atoms with Crippen LogP contribution in [0.4, 0.5) is 0 Å². The van der Waals surface area contributed by atoms with Gasteiger partial charge in [-0.2, -0.15) is 0 Å². The van der Waals surface area contributed by atoms with Crippen LogP contribution < -0.4 is 10.1 Å². The molecule has 2 atom stereocenters. The number of carboxylic acid groups (broad SMARTS) is 1. The van der Waals surface area contributed by atoms with Gasteiger partial charge in [0, 0.05) is 5.02 Å². The molecule has 0 aliphatic heterocycles. The standard InChI is InChI=1S/C15H20ClNO4/c1-8(2)13(15(19)20)17-14(18)10(4)21-12-6-5-11(16)7-9(12)3/h5-8,10,13H,1-4H3,(H,17,18)(H,19,20)/t10?,13-/m0/s1. The van der Waals surface area contributed by atoms with E-state index in [9.17, 15) is 9.59 Å². The topological polar surface area (TPSA) is 75.6 Å². The van der Waals surface area contributed by atoms with Crippen LogP contribution in [0, 0.1) is 12.8 Å². The van der Waals surface area contributed by atoms with E-state index in [0.29, 0.717) is 10.8 Å². The molecule has 116 valence electrons. The van der Waals surface area contributed by atoms with Crippen LogP contribution >= 0.6 is 11.6 Å². The summed E-state index contributed by atoms with van der Waals surface area (Å²) < 4.78 is 5.56. The smallest absolute Gasteiger partial charge is 0.326 e. The first-order valence-electron chi connectivity index (χ1n) is 6.68. The van der Waals surface area contributed by atoms with Crippen LogP contribution in [0.1, 0.15) is 26.3 Å². The first kappa shape index (κ1) is 17.3. The summed E-state index contributed by atoms with van der Waals surface area (Å²) in [5, 5.41) is 12.1. The van der Waals surface area contributed by atoms with Crippen LogP contribution in [0.25, 0.3) is 0 Å². The Labute approximate surface area is 129 Å². The molecule has 0 aromatic heterocycles. The van der Waals surface area contributed by atoms with E-state index in [4.69, 9.17) is 21.4 Å². The third kappa shape index (κ3) is 4.93. The first-order chi connectivity index (χ1) is 9.72. The van der Waals surface area contributed by atoms with E-state index in [0.717, 1.165) is 5.56 Å². The lowest BCUT2D eigenvalue weighted by molar-refractivity contribution is -0.144. The minimum absolute atomic E-state index is 0.212. The summed E-state index contributed by atoms with van der Waals surface area (Å²) in [4.78, 5) is 23.1. The van der Waals surface area contributed by atoms with Crippen LogP contribution in [-0.4, -0.2) is 29.1 Å². The fourth-order valence-corrected chi connectivity index (χ4v) is 2.00. The minimum atomic E-state index is -1.06. The maximum absolute atomic E-state index is 12.0. The Morgan fingerprint density at radius 2 is 1.90 bits per heavy atom. The van der Waals surface area contributed by atoms with Crippen molar-refractivity contribution in [1.82, 2.24) is 5.32 Å². The average Bonchev–Trinajstić information content (AvgIpc) is 2.37. The Morgan fingerprint density at radius 3 is 2.38 bits per heavy atom. The predicted octanol–water partition coefficient (Wildman–Crippen LogP) is 2.64. The number of halogens is 1. The molecule has 0 fully saturated rings. The lowest BCUT2D eigenvalue weighted by atomic mass is 10.0. The van der Waals surface area contributed by atoms with E-state index in [-0.39, 0.29) is 5.92 Å². The number of nitrogens with one attached hydrogen (secondary N) is 1. The number of carbonyl (C=O) groups excluding carboxylic acids is 1. The Kier molecular flexibility index (Phi) is 6.03. The fraction of sp³-hybridized carbons (Fsp3) is 0.467. The molecular formula is C15H20ClNO4. The summed E-state index contributed by atoms with van der Waals surface area (Å²) in [6.45, 7) is 6.85. The number of hydrogen-bond acceptors (Lipinski definition) is 3. The van der Waals surface area contributed by atoms with Gasteiger partial charge in [-0.25, -0.2) is 4.79 Å². The summed E-state index contributed by atoms with van der Waals surface area (Å²) >= 11 is 5.85. The van der Waals surface area contributed by atoms with Gasteiger partial charge in [0.1, 0.15) is 11.8 Å². The van der Waals surface area contributed by atoms with Gasteiger partial charge in [0.2, 0.25) is 0 Å². The highest BCUT2D eigenvalue weighted by Gasteiger charge is 2.26. The second-order valence-corrected chi connectivity index (χ2v) is 5.67. The molecular weight excluding hydrogens is 294 g/mol. The zero-order chi connectivity index (χ0) is 16.2. The Hall–Kier alpha value is -1.75. The highest BCUT2D eigenvalue weighted by Crippen LogP contribution is 2.22. The van der Waals surface area contributed by atoms with Gasteiger partial charge in [-0.3, -0.25) is 4.79 Å². The first-order valence-corrected chi connectivity index (χ1v) is 7.06. The van der Waals surface area contributed by atoms with Gasteiger partial charge in [0.15, 0.2) is 6.10 Å². The zero-order valence-electron chi connectivity index (χ0n) is 12.5. The van der Waals surface area contributed by atoms with E-state index >= 15 is 0 Å². The Bertz CT molecular complexity index is 530. The molecule has 1 amide bonds. The second-order valence-electron chi connectivity index (χ2n) is 5.24. The molecule has 5 nitrogen and oxygen atoms in total. The van der Waals surface area contributed by atoms with Crippen LogP contribution in [0.2, 0.25) is 5.02 Å². The number of aliphatic carboxylic acids is 1. The monoisotopic (exact) mass is 313 g/mol. The van der Waals surface area contributed by atoms with Crippen molar-refractivity contribution >= 4 is 23.5 Å². The van der Waals surface area contributed by atoms with Crippen LogP contribution in [0.3, 0.4) is 0 Å². The lowest BCUT2D eigenvalue weighted by Gasteiger charge is -2.21. The minimum Gasteiger partial charge on any atom is -0.481 e. The quantitative estimate of drug-likeness (QED) is 0.846. The van der Waals surface area contributed by atoms with Gasteiger partial charge in [0.05, 0.1) is 0 Å². The van der Waals surface area contributed by atoms with Crippen LogP contribution in [0.15, 0.2) is 18.2 Å². The molecule has 0 saturated carbocycles. The number of ether oxygens (including phenoxy) is 1. The lowest BCUT2D eigenvalue weighted by Crippen LogP contribution is -2.48. The van der Waals surface area contributed by atoms with E-state index in [2.05, 4.69) is 5.32 Å². The number of aryl methyl sites for hydroxylation is 1. The van der Waals surface area contributed by atoms with Gasteiger partial charge in [-0.05, 0) is 43.5 Å². The van der Waals surface area contributed by atoms with E-state index in [1.54, 1.807) is 39.0 Å². The third-order valence-corrected chi connectivity index (χ3v) is 3.28. The third-order valence-electron chi connectivity index (χ3n) is 3.04. The molecule has 0 aliphatic carbocycles. The molecule has 0 radical (unpaired) electrons. The SMILES string of the molecule is Cc1cc(Cl)ccc1OC(C)C(=O)N[C@H](C(=O)O)C(C)C. The van der Waals surface area contributed by atoms with E-state index in [1.165, 1.54) is 0 Å². The van der Waals surface area contributed by atoms with Gasteiger partial charge in [-0.1, -0.05) is 25.4 Å². The summed E-state index contributed by atoms with van der Waals surface area (Å²) in [5.41, 5.74) is 0.806. The maximum atomic E-state index is 12.0. The number of amides is 1. The number of carboxylic acids is 1. The normalized spacial score (nSPS) is 13.6.